The molecule has 1 aromatic carbocycles. The predicted octanol–water partition coefficient (Wildman–Crippen LogP) is 2.65. The van der Waals surface area contributed by atoms with Crippen LogP contribution in [0.5, 0.6) is 5.75 Å². The number of carbonyl (C=O) groups is 1. The SMILES string of the molecule is CCOc1ccc(C(C)NC(=O)CCC2CCNC2)cc1. The highest BCUT2D eigenvalue weighted by Gasteiger charge is 2.16. The lowest BCUT2D eigenvalue weighted by atomic mass is 10.0. The maximum atomic E-state index is 12.0. The van der Waals surface area contributed by atoms with Crippen LogP contribution in [0.25, 0.3) is 0 Å². The van der Waals surface area contributed by atoms with Gasteiger partial charge in [-0.15, -0.1) is 0 Å². The Kier molecular flexibility index (Phi) is 6.05. The van der Waals surface area contributed by atoms with Crippen LogP contribution in [0.3, 0.4) is 0 Å². The topological polar surface area (TPSA) is 50.4 Å². The molecule has 0 radical (unpaired) electrons. The molecule has 0 spiro atoms. The molecular weight excluding hydrogens is 264 g/mol. The van der Waals surface area contributed by atoms with Crippen LogP contribution in [0.4, 0.5) is 0 Å². The van der Waals surface area contributed by atoms with Crippen molar-refractivity contribution in [2.75, 3.05) is 19.7 Å². The molecule has 1 aliphatic rings. The Hall–Kier alpha value is -1.55. The molecule has 1 amide bonds. The molecule has 2 N–H and O–H groups in total. The van der Waals surface area contributed by atoms with E-state index in [0.29, 0.717) is 18.9 Å². The second-order valence-corrected chi connectivity index (χ2v) is 5.69. The van der Waals surface area contributed by atoms with Crippen LogP contribution >= 0.6 is 0 Å². The minimum Gasteiger partial charge on any atom is -0.494 e. The Morgan fingerprint density at radius 1 is 1.43 bits per heavy atom. The quantitative estimate of drug-likeness (QED) is 0.811. The van der Waals surface area contributed by atoms with Gasteiger partial charge >= 0.3 is 0 Å². The summed E-state index contributed by atoms with van der Waals surface area (Å²) in [7, 11) is 0. The van der Waals surface area contributed by atoms with Gasteiger partial charge < -0.3 is 15.4 Å². The first-order valence-electron chi connectivity index (χ1n) is 7.92. The summed E-state index contributed by atoms with van der Waals surface area (Å²) in [6.07, 6.45) is 2.80. The molecular formula is C17H26N2O2. The molecule has 1 saturated heterocycles. The van der Waals surface area contributed by atoms with Crippen molar-refractivity contribution in [1.82, 2.24) is 10.6 Å². The molecule has 0 saturated carbocycles. The van der Waals surface area contributed by atoms with E-state index in [-0.39, 0.29) is 11.9 Å². The van der Waals surface area contributed by atoms with Gasteiger partial charge in [-0.2, -0.15) is 0 Å². The molecule has 0 bridgehead atoms. The van der Waals surface area contributed by atoms with Crippen LogP contribution < -0.4 is 15.4 Å². The molecule has 1 aliphatic heterocycles. The van der Waals surface area contributed by atoms with E-state index in [0.717, 1.165) is 30.8 Å². The van der Waals surface area contributed by atoms with E-state index in [4.69, 9.17) is 4.74 Å². The minimum absolute atomic E-state index is 0.0369. The minimum atomic E-state index is 0.0369. The lowest BCUT2D eigenvalue weighted by Crippen LogP contribution is -2.27. The van der Waals surface area contributed by atoms with Gasteiger partial charge in [0.05, 0.1) is 12.6 Å². The summed E-state index contributed by atoms with van der Waals surface area (Å²) in [6, 6.07) is 7.96. The largest absolute Gasteiger partial charge is 0.494 e. The number of ether oxygens (including phenoxy) is 1. The van der Waals surface area contributed by atoms with Gasteiger partial charge in [0, 0.05) is 6.42 Å². The zero-order chi connectivity index (χ0) is 15.1. The molecule has 1 fully saturated rings. The summed E-state index contributed by atoms with van der Waals surface area (Å²) in [5.41, 5.74) is 1.11. The Bertz CT molecular complexity index is 439. The molecule has 2 unspecified atom stereocenters. The Morgan fingerprint density at radius 3 is 2.81 bits per heavy atom. The third kappa shape index (κ3) is 5.05. The molecule has 1 aromatic rings. The van der Waals surface area contributed by atoms with Crippen molar-refractivity contribution in [2.24, 2.45) is 5.92 Å². The van der Waals surface area contributed by atoms with E-state index in [1.54, 1.807) is 0 Å². The highest BCUT2D eigenvalue weighted by Crippen LogP contribution is 2.18. The summed E-state index contributed by atoms with van der Waals surface area (Å²) >= 11 is 0. The smallest absolute Gasteiger partial charge is 0.220 e. The molecule has 4 nitrogen and oxygen atoms in total. The average Bonchev–Trinajstić information content (AvgIpc) is 2.99. The van der Waals surface area contributed by atoms with Crippen LogP contribution in [-0.2, 0) is 4.79 Å². The predicted molar refractivity (Wildman–Crippen MR) is 84.4 cm³/mol. The number of nitrogens with one attached hydrogen (secondary N) is 2. The van der Waals surface area contributed by atoms with Crippen molar-refractivity contribution >= 4 is 5.91 Å². The molecule has 0 aromatic heterocycles. The van der Waals surface area contributed by atoms with E-state index in [1.807, 2.05) is 38.1 Å². The Morgan fingerprint density at radius 2 is 2.19 bits per heavy atom. The molecule has 0 aliphatic carbocycles. The second-order valence-electron chi connectivity index (χ2n) is 5.69. The van der Waals surface area contributed by atoms with E-state index in [1.165, 1.54) is 6.42 Å². The third-order valence-corrected chi connectivity index (χ3v) is 4.01. The summed E-state index contributed by atoms with van der Waals surface area (Å²) in [5, 5.41) is 6.41. The molecule has 4 heteroatoms. The number of benzene rings is 1. The first-order chi connectivity index (χ1) is 10.2. The number of hydrogen-bond donors (Lipinski definition) is 2. The molecule has 1 heterocycles. The normalized spacial score (nSPS) is 19.2. The van der Waals surface area contributed by atoms with Crippen LogP contribution in [0, 0.1) is 5.92 Å². The molecule has 2 rings (SSSR count). The Labute approximate surface area is 127 Å². The van der Waals surface area contributed by atoms with Gasteiger partial charge in [-0.25, -0.2) is 0 Å². The molecule has 116 valence electrons. The lowest BCUT2D eigenvalue weighted by Gasteiger charge is -2.16. The van der Waals surface area contributed by atoms with Gasteiger partial charge in [0.25, 0.3) is 0 Å². The summed E-state index contributed by atoms with van der Waals surface area (Å²) in [5.74, 6) is 1.67. The van der Waals surface area contributed by atoms with E-state index in [9.17, 15) is 4.79 Å². The third-order valence-electron chi connectivity index (χ3n) is 4.01. The van der Waals surface area contributed by atoms with Crippen molar-refractivity contribution in [1.29, 1.82) is 0 Å². The maximum Gasteiger partial charge on any atom is 0.220 e. The van der Waals surface area contributed by atoms with Crippen molar-refractivity contribution < 1.29 is 9.53 Å². The lowest BCUT2D eigenvalue weighted by molar-refractivity contribution is -0.122. The zero-order valence-electron chi connectivity index (χ0n) is 13.0. The zero-order valence-corrected chi connectivity index (χ0v) is 13.0. The number of carbonyl (C=O) groups excluding carboxylic acids is 1. The second kappa shape index (κ2) is 8.03. The standard InChI is InChI=1S/C17H26N2O2/c1-3-21-16-7-5-15(6-8-16)13(2)19-17(20)9-4-14-10-11-18-12-14/h5-8,13-14,18H,3-4,9-12H2,1-2H3,(H,19,20). The van der Waals surface area contributed by atoms with Gasteiger partial charge in [0.1, 0.15) is 5.75 Å². The summed E-state index contributed by atoms with van der Waals surface area (Å²) in [4.78, 5) is 12.0. The Balaban J connectivity index is 1.76. The van der Waals surface area contributed by atoms with E-state index >= 15 is 0 Å². The maximum absolute atomic E-state index is 12.0. The summed E-state index contributed by atoms with van der Waals surface area (Å²) < 4.78 is 5.42. The van der Waals surface area contributed by atoms with Crippen LogP contribution in [0.1, 0.15) is 44.7 Å². The van der Waals surface area contributed by atoms with Crippen LogP contribution in [0.2, 0.25) is 0 Å². The van der Waals surface area contributed by atoms with Gasteiger partial charge in [-0.1, -0.05) is 12.1 Å². The van der Waals surface area contributed by atoms with Crippen LogP contribution in [0.15, 0.2) is 24.3 Å². The fourth-order valence-electron chi connectivity index (χ4n) is 2.71. The first kappa shape index (κ1) is 15.8. The fourth-order valence-corrected chi connectivity index (χ4v) is 2.71. The van der Waals surface area contributed by atoms with Gasteiger partial charge in [0.2, 0.25) is 5.91 Å². The highest BCUT2D eigenvalue weighted by atomic mass is 16.5. The molecule has 21 heavy (non-hydrogen) atoms. The average molecular weight is 290 g/mol. The number of rotatable bonds is 7. The monoisotopic (exact) mass is 290 g/mol. The fraction of sp³-hybridized carbons (Fsp3) is 0.588. The van der Waals surface area contributed by atoms with Gasteiger partial charge in [-0.05, 0) is 63.4 Å². The van der Waals surface area contributed by atoms with Crippen molar-refractivity contribution in [3.63, 3.8) is 0 Å². The van der Waals surface area contributed by atoms with Gasteiger partial charge in [0.15, 0.2) is 0 Å². The van der Waals surface area contributed by atoms with Crippen molar-refractivity contribution in [3.8, 4) is 5.75 Å². The van der Waals surface area contributed by atoms with Crippen LogP contribution in [-0.4, -0.2) is 25.6 Å². The molecule has 2 atom stereocenters. The van der Waals surface area contributed by atoms with Gasteiger partial charge in [-0.3, -0.25) is 4.79 Å². The first-order valence-corrected chi connectivity index (χ1v) is 7.92. The van der Waals surface area contributed by atoms with E-state index < -0.39 is 0 Å². The van der Waals surface area contributed by atoms with Crippen molar-refractivity contribution in [2.45, 2.75) is 39.2 Å². The van der Waals surface area contributed by atoms with E-state index in [2.05, 4.69) is 10.6 Å². The number of hydrogen-bond acceptors (Lipinski definition) is 3. The summed E-state index contributed by atoms with van der Waals surface area (Å²) in [6.45, 7) is 6.81. The highest BCUT2D eigenvalue weighted by molar-refractivity contribution is 5.76. The number of amides is 1. The van der Waals surface area contributed by atoms with Crippen molar-refractivity contribution in [3.05, 3.63) is 29.8 Å².